The van der Waals surface area contributed by atoms with Gasteiger partial charge in [0.1, 0.15) is 24.4 Å². The molecule has 0 bridgehead atoms. The second-order valence-electron chi connectivity index (χ2n) is 20.0. The van der Waals surface area contributed by atoms with Gasteiger partial charge in [-0.25, -0.2) is 0 Å². The smallest absolute Gasteiger partial charge is 0.220 e. The van der Waals surface area contributed by atoms with Crippen LogP contribution in [0.2, 0.25) is 0 Å². The summed E-state index contributed by atoms with van der Waals surface area (Å²) in [5.74, 6) is -0.195. The number of nitrogens with one attached hydrogen (secondary N) is 1. The van der Waals surface area contributed by atoms with Crippen molar-refractivity contribution in [2.75, 3.05) is 13.2 Å². The first-order valence-corrected chi connectivity index (χ1v) is 29.8. The molecule has 7 unspecified atom stereocenters. The summed E-state index contributed by atoms with van der Waals surface area (Å²) >= 11 is 0. The molecule has 1 fully saturated rings. The quantitative estimate of drug-likeness (QED) is 0.0261. The molecule has 1 amide bonds. The lowest BCUT2D eigenvalue weighted by molar-refractivity contribution is -0.302. The Labute approximate surface area is 452 Å². The van der Waals surface area contributed by atoms with Crippen molar-refractivity contribution in [3.8, 4) is 0 Å². The van der Waals surface area contributed by atoms with Crippen LogP contribution in [-0.2, 0) is 14.3 Å². The fraction of sp³-hybridized carbons (Fsp3) is 0.677. The molecule has 1 aliphatic heterocycles. The van der Waals surface area contributed by atoms with E-state index in [-0.39, 0.29) is 12.5 Å². The molecule has 422 valence electrons. The van der Waals surface area contributed by atoms with E-state index in [4.69, 9.17) is 9.47 Å². The molecule has 0 aromatic heterocycles. The van der Waals surface area contributed by atoms with Gasteiger partial charge >= 0.3 is 0 Å². The summed E-state index contributed by atoms with van der Waals surface area (Å²) in [6, 6.07) is -0.833. The van der Waals surface area contributed by atoms with Crippen molar-refractivity contribution < 1.29 is 39.8 Å². The third-order valence-corrected chi connectivity index (χ3v) is 13.2. The Morgan fingerprint density at radius 1 is 0.473 bits per heavy atom. The van der Waals surface area contributed by atoms with E-state index < -0.39 is 49.5 Å². The molecule has 1 rings (SSSR count). The molecular formula is C65H109NO8. The molecule has 9 heteroatoms. The molecule has 1 heterocycles. The van der Waals surface area contributed by atoms with E-state index >= 15 is 0 Å². The van der Waals surface area contributed by atoms with Crippen LogP contribution in [0.3, 0.4) is 0 Å². The molecule has 7 atom stereocenters. The summed E-state index contributed by atoms with van der Waals surface area (Å²) < 4.78 is 11.2. The lowest BCUT2D eigenvalue weighted by Crippen LogP contribution is -2.60. The molecule has 0 saturated carbocycles. The van der Waals surface area contributed by atoms with Crippen molar-refractivity contribution in [2.45, 2.75) is 269 Å². The van der Waals surface area contributed by atoms with Gasteiger partial charge in [-0.2, -0.15) is 0 Å². The topological polar surface area (TPSA) is 149 Å². The zero-order valence-electron chi connectivity index (χ0n) is 46.8. The number of carbonyl (C=O) groups is 1. The number of unbranched alkanes of at least 4 members (excludes halogenated alkanes) is 21. The average molecular weight is 1030 g/mol. The van der Waals surface area contributed by atoms with Crippen LogP contribution >= 0.6 is 0 Å². The Hall–Kier alpha value is -3.41. The van der Waals surface area contributed by atoms with Crippen molar-refractivity contribution in [3.63, 3.8) is 0 Å². The van der Waals surface area contributed by atoms with Crippen molar-refractivity contribution >= 4 is 5.91 Å². The highest BCUT2D eigenvalue weighted by atomic mass is 16.7. The summed E-state index contributed by atoms with van der Waals surface area (Å²) in [5, 5.41) is 54.3. The number of ether oxygens (including phenoxy) is 2. The van der Waals surface area contributed by atoms with Crippen LogP contribution in [0.4, 0.5) is 0 Å². The van der Waals surface area contributed by atoms with Crippen LogP contribution < -0.4 is 5.32 Å². The van der Waals surface area contributed by atoms with E-state index in [0.717, 1.165) is 96.3 Å². The van der Waals surface area contributed by atoms with Crippen LogP contribution in [0.25, 0.3) is 0 Å². The lowest BCUT2D eigenvalue weighted by Gasteiger charge is -2.40. The summed E-state index contributed by atoms with van der Waals surface area (Å²) in [4.78, 5) is 13.0. The summed E-state index contributed by atoms with van der Waals surface area (Å²) in [7, 11) is 0. The average Bonchev–Trinajstić information content (AvgIpc) is 3.40. The Morgan fingerprint density at radius 3 is 1.30 bits per heavy atom. The molecule has 1 aliphatic rings. The van der Waals surface area contributed by atoms with Crippen molar-refractivity contribution in [3.05, 3.63) is 122 Å². The van der Waals surface area contributed by atoms with Crippen molar-refractivity contribution in [1.82, 2.24) is 5.32 Å². The summed E-state index contributed by atoms with van der Waals surface area (Å²) in [6.45, 7) is 3.58. The number of aliphatic hydroxyl groups is 5. The molecule has 0 spiro atoms. The first kappa shape index (κ1) is 68.6. The molecule has 0 aliphatic carbocycles. The molecule has 1 saturated heterocycles. The number of rotatable bonds is 49. The lowest BCUT2D eigenvalue weighted by atomic mass is 9.99. The highest BCUT2D eigenvalue weighted by molar-refractivity contribution is 5.76. The number of hydrogen-bond acceptors (Lipinski definition) is 8. The zero-order valence-corrected chi connectivity index (χ0v) is 46.8. The molecule has 6 N–H and O–H groups in total. The van der Waals surface area contributed by atoms with Gasteiger partial charge in [-0.1, -0.05) is 245 Å². The maximum atomic E-state index is 13.0. The second-order valence-corrected chi connectivity index (χ2v) is 20.0. The van der Waals surface area contributed by atoms with E-state index in [2.05, 4.69) is 129 Å². The van der Waals surface area contributed by atoms with Gasteiger partial charge in [-0.3, -0.25) is 4.79 Å². The Bertz CT molecular complexity index is 1570. The van der Waals surface area contributed by atoms with Gasteiger partial charge in [-0.15, -0.1) is 0 Å². The molecule has 9 nitrogen and oxygen atoms in total. The largest absolute Gasteiger partial charge is 0.394 e. The van der Waals surface area contributed by atoms with Gasteiger partial charge in [-0.05, 0) is 96.3 Å². The minimum absolute atomic E-state index is 0.195. The van der Waals surface area contributed by atoms with Crippen LogP contribution in [0.5, 0.6) is 0 Å². The highest BCUT2D eigenvalue weighted by Crippen LogP contribution is 2.23. The first-order chi connectivity index (χ1) is 36.3. The van der Waals surface area contributed by atoms with Gasteiger partial charge in [0.25, 0.3) is 0 Å². The zero-order chi connectivity index (χ0) is 53.6. The highest BCUT2D eigenvalue weighted by Gasteiger charge is 2.44. The number of aliphatic hydroxyl groups excluding tert-OH is 5. The molecule has 0 radical (unpaired) electrons. The first-order valence-electron chi connectivity index (χ1n) is 29.8. The minimum Gasteiger partial charge on any atom is -0.394 e. The summed E-state index contributed by atoms with van der Waals surface area (Å²) in [6.07, 6.45) is 72.9. The van der Waals surface area contributed by atoms with Crippen molar-refractivity contribution in [1.29, 1.82) is 0 Å². The maximum Gasteiger partial charge on any atom is 0.220 e. The fourth-order valence-corrected chi connectivity index (χ4v) is 8.57. The molecule has 0 aromatic carbocycles. The van der Waals surface area contributed by atoms with Gasteiger partial charge in [0.2, 0.25) is 5.91 Å². The Balaban J connectivity index is 2.09. The standard InChI is InChI=1S/C65H109NO8/c1-3-5-7-9-11-13-15-17-18-19-20-21-22-23-24-25-26-27-28-29-30-31-32-33-34-35-36-37-38-39-40-41-42-43-45-47-49-51-53-55-61(69)66-58(57-73-65-64(72)63(71)62(70)60(56-67)74-65)59(68)54-52-50-48-46-44-16-14-12-10-8-6-4-2/h5,7,10-13,17-18,20-21,23-24,26-27,29-30,44,46,52,54,58-60,62-65,67-68,70-72H,3-4,6,8-9,14-16,19,22,25,28,31-43,45,47-51,53,55-57H2,1-2H3,(H,66,69)/b7-5-,12-10+,13-11-,18-17-,21-20-,24-23-,27-26-,30-29-,46-44+,54-52+. The van der Waals surface area contributed by atoms with Gasteiger partial charge in [0.15, 0.2) is 6.29 Å². The molecular weight excluding hydrogens is 923 g/mol. The SMILES string of the molecule is CC/C=C\C/C=C\C/C=C\C/C=C\C/C=C\C/C=C\C/C=C\CCCCCCCCCCCCCCCCCCCC(=O)NC(COC1OC(CO)C(O)C(O)C1O)C(O)/C=C/CC/C=C/CC/C=C/CCCC. The second kappa shape index (κ2) is 53.0. The van der Waals surface area contributed by atoms with Gasteiger partial charge in [0, 0.05) is 6.42 Å². The third kappa shape index (κ3) is 41.8. The van der Waals surface area contributed by atoms with Crippen molar-refractivity contribution in [2.24, 2.45) is 0 Å². The van der Waals surface area contributed by atoms with Crippen LogP contribution in [-0.4, -0.2) is 87.5 Å². The Morgan fingerprint density at radius 2 is 0.851 bits per heavy atom. The van der Waals surface area contributed by atoms with E-state index in [0.29, 0.717) is 6.42 Å². The predicted octanol–water partition coefficient (Wildman–Crippen LogP) is 15.1. The normalized spacial score (nSPS) is 19.9. The van der Waals surface area contributed by atoms with Crippen LogP contribution in [0, 0.1) is 0 Å². The Kier molecular flexibility index (Phi) is 49.1. The molecule has 74 heavy (non-hydrogen) atoms. The van der Waals surface area contributed by atoms with Crippen LogP contribution in [0.15, 0.2) is 122 Å². The summed E-state index contributed by atoms with van der Waals surface area (Å²) in [5.41, 5.74) is 0. The van der Waals surface area contributed by atoms with E-state index in [9.17, 15) is 30.3 Å². The van der Waals surface area contributed by atoms with Gasteiger partial charge in [0.05, 0.1) is 25.4 Å². The van der Waals surface area contributed by atoms with Crippen LogP contribution in [0.1, 0.15) is 226 Å². The number of carbonyl (C=O) groups excluding carboxylic acids is 1. The minimum atomic E-state index is -1.58. The van der Waals surface area contributed by atoms with E-state index in [1.54, 1.807) is 6.08 Å². The number of hydrogen-bond donors (Lipinski definition) is 6. The predicted molar refractivity (Wildman–Crippen MR) is 313 cm³/mol. The van der Waals surface area contributed by atoms with E-state index in [1.165, 1.54) is 109 Å². The third-order valence-electron chi connectivity index (χ3n) is 13.2. The van der Waals surface area contributed by atoms with Gasteiger partial charge < -0.3 is 40.3 Å². The molecule has 0 aromatic rings. The maximum absolute atomic E-state index is 13.0. The monoisotopic (exact) mass is 1030 g/mol. The fourth-order valence-electron chi connectivity index (χ4n) is 8.57. The number of amides is 1. The number of allylic oxidation sites excluding steroid dienone is 19. The van der Waals surface area contributed by atoms with E-state index in [1.807, 2.05) is 6.08 Å².